The van der Waals surface area contributed by atoms with Gasteiger partial charge < -0.3 is 9.84 Å². The third kappa shape index (κ3) is 7.23. The predicted molar refractivity (Wildman–Crippen MR) is 64.5 cm³/mol. The third-order valence-electron chi connectivity index (χ3n) is 2.08. The number of hydrogen-bond donors (Lipinski definition) is 2. The summed E-state index contributed by atoms with van der Waals surface area (Å²) in [7, 11) is -3.79. The van der Waals surface area contributed by atoms with Crippen LogP contribution in [0.15, 0.2) is 0 Å². The molecule has 0 unspecified atom stereocenters. The van der Waals surface area contributed by atoms with E-state index >= 15 is 0 Å². The second-order valence-electron chi connectivity index (χ2n) is 3.67. The van der Waals surface area contributed by atoms with Crippen molar-refractivity contribution in [3.05, 3.63) is 0 Å². The molecule has 2 N–H and O–H groups in total. The Balaban J connectivity index is 4.36. The molecule has 0 aromatic carbocycles. The molecule has 0 bridgehead atoms. The second kappa shape index (κ2) is 8.04. The van der Waals surface area contributed by atoms with Crippen molar-refractivity contribution in [1.29, 1.82) is 0 Å². The van der Waals surface area contributed by atoms with Gasteiger partial charge in [0.2, 0.25) is 10.0 Å². The molecular formula is C10H19NO6S. The highest BCUT2D eigenvalue weighted by atomic mass is 32.2. The molecule has 0 aromatic rings. The maximum atomic E-state index is 11.5. The Morgan fingerprint density at radius 3 is 2.39 bits per heavy atom. The van der Waals surface area contributed by atoms with Gasteiger partial charge in [-0.25, -0.2) is 13.1 Å². The molecule has 7 nitrogen and oxygen atoms in total. The van der Waals surface area contributed by atoms with Gasteiger partial charge in [-0.3, -0.25) is 9.59 Å². The average Bonchev–Trinajstić information content (AvgIpc) is 2.26. The van der Waals surface area contributed by atoms with Gasteiger partial charge in [0.05, 0.1) is 18.8 Å². The van der Waals surface area contributed by atoms with Gasteiger partial charge in [-0.15, -0.1) is 0 Å². The molecule has 0 spiro atoms. The minimum absolute atomic E-state index is 0.180. The summed E-state index contributed by atoms with van der Waals surface area (Å²) < 4.78 is 29.7. The van der Waals surface area contributed by atoms with Gasteiger partial charge in [0, 0.05) is 0 Å². The van der Waals surface area contributed by atoms with Crippen molar-refractivity contribution in [2.45, 2.75) is 39.2 Å². The van der Waals surface area contributed by atoms with Crippen LogP contribution in [0.3, 0.4) is 0 Å². The number of carboxylic acid groups (broad SMARTS) is 1. The van der Waals surface area contributed by atoms with E-state index in [2.05, 4.69) is 9.46 Å². The molecular weight excluding hydrogens is 262 g/mol. The number of carbonyl (C=O) groups is 2. The topological polar surface area (TPSA) is 110 Å². The van der Waals surface area contributed by atoms with Crippen molar-refractivity contribution >= 4 is 22.0 Å². The van der Waals surface area contributed by atoms with Crippen LogP contribution in [-0.2, 0) is 24.3 Å². The van der Waals surface area contributed by atoms with E-state index in [0.717, 1.165) is 0 Å². The monoisotopic (exact) mass is 281 g/mol. The van der Waals surface area contributed by atoms with E-state index in [0.29, 0.717) is 6.42 Å². The molecule has 0 rings (SSSR count). The number of carbonyl (C=O) groups excluding carboxylic acids is 1. The van der Waals surface area contributed by atoms with Gasteiger partial charge in [0.25, 0.3) is 0 Å². The SMILES string of the molecule is CCC[C@@H](NS(=O)(=O)CCC(=O)OCC)C(=O)O. The molecule has 0 heterocycles. The summed E-state index contributed by atoms with van der Waals surface area (Å²) in [6.45, 7) is 3.55. The first-order chi connectivity index (χ1) is 8.32. The molecule has 0 aliphatic heterocycles. The Hall–Kier alpha value is -1.15. The summed E-state index contributed by atoms with van der Waals surface area (Å²) in [6.07, 6.45) is 0.451. The van der Waals surface area contributed by atoms with Gasteiger partial charge in [-0.05, 0) is 13.3 Å². The Labute approximate surface area is 107 Å². The molecule has 0 fully saturated rings. The van der Waals surface area contributed by atoms with E-state index in [1.54, 1.807) is 13.8 Å². The van der Waals surface area contributed by atoms with E-state index in [1.807, 2.05) is 0 Å². The van der Waals surface area contributed by atoms with Crippen molar-refractivity contribution in [2.24, 2.45) is 0 Å². The summed E-state index contributed by atoms with van der Waals surface area (Å²) in [5, 5.41) is 8.81. The molecule has 0 aromatic heterocycles. The maximum Gasteiger partial charge on any atom is 0.321 e. The van der Waals surface area contributed by atoms with Crippen LogP contribution in [0.25, 0.3) is 0 Å². The highest BCUT2D eigenvalue weighted by molar-refractivity contribution is 7.89. The number of ether oxygens (including phenoxy) is 1. The lowest BCUT2D eigenvalue weighted by Gasteiger charge is -2.13. The highest BCUT2D eigenvalue weighted by Gasteiger charge is 2.23. The molecule has 8 heteroatoms. The van der Waals surface area contributed by atoms with Crippen molar-refractivity contribution in [1.82, 2.24) is 4.72 Å². The van der Waals surface area contributed by atoms with Gasteiger partial charge in [-0.2, -0.15) is 0 Å². The molecule has 0 radical (unpaired) electrons. The minimum Gasteiger partial charge on any atom is -0.480 e. The molecule has 1 atom stereocenters. The van der Waals surface area contributed by atoms with Gasteiger partial charge in [0.1, 0.15) is 6.04 Å². The fourth-order valence-corrected chi connectivity index (χ4v) is 2.45. The Bertz CT molecular complexity index is 378. The standard InChI is InChI=1S/C10H19NO6S/c1-3-5-8(10(13)14)11-18(15,16)7-6-9(12)17-4-2/h8,11H,3-7H2,1-2H3,(H,13,14)/t8-/m1/s1. The largest absolute Gasteiger partial charge is 0.480 e. The van der Waals surface area contributed by atoms with Crippen molar-refractivity contribution in [2.75, 3.05) is 12.4 Å². The van der Waals surface area contributed by atoms with Crippen LogP contribution in [-0.4, -0.2) is 43.9 Å². The van der Waals surface area contributed by atoms with E-state index in [1.165, 1.54) is 0 Å². The molecule has 0 aliphatic rings. The molecule has 106 valence electrons. The first-order valence-corrected chi connectivity index (χ1v) is 7.36. The number of aliphatic carboxylic acids is 1. The van der Waals surface area contributed by atoms with Crippen molar-refractivity contribution < 1.29 is 27.9 Å². The Morgan fingerprint density at radius 1 is 1.33 bits per heavy atom. The quantitative estimate of drug-likeness (QED) is 0.581. The van der Waals surface area contributed by atoms with Crippen LogP contribution in [0, 0.1) is 0 Å². The summed E-state index contributed by atoms with van der Waals surface area (Å²) in [5.74, 6) is -2.32. The summed E-state index contributed by atoms with van der Waals surface area (Å²) >= 11 is 0. The first kappa shape index (κ1) is 16.9. The van der Waals surface area contributed by atoms with Crippen LogP contribution in [0.5, 0.6) is 0 Å². The smallest absolute Gasteiger partial charge is 0.321 e. The van der Waals surface area contributed by atoms with E-state index in [4.69, 9.17) is 5.11 Å². The lowest BCUT2D eigenvalue weighted by Crippen LogP contribution is -2.42. The number of hydrogen-bond acceptors (Lipinski definition) is 5. The third-order valence-corrected chi connectivity index (χ3v) is 3.46. The molecule has 0 saturated carbocycles. The molecule has 18 heavy (non-hydrogen) atoms. The fourth-order valence-electron chi connectivity index (χ4n) is 1.25. The Kier molecular flexibility index (Phi) is 7.53. The fraction of sp³-hybridized carbons (Fsp3) is 0.800. The zero-order valence-electron chi connectivity index (χ0n) is 10.5. The number of carboxylic acids is 1. The zero-order chi connectivity index (χ0) is 14.2. The van der Waals surface area contributed by atoms with Crippen LogP contribution in [0.4, 0.5) is 0 Å². The van der Waals surface area contributed by atoms with Crippen molar-refractivity contribution in [3.63, 3.8) is 0 Å². The van der Waals surface area contributed by atoms with Gasteiger partial charge in [0.15, 0.2) is 0 Å². The molecule has 0 aliphatic carbocycles. The maximum absolute atomic E-state index is 11.5. The average molecular weight is 281 g/mol. The number of rotatable bonds is 9. The Morgan fingerprint density at radius 2 is 1.94 bits per heavy atom. The van der Waals surface area contributed by atoms with Crippen molar-refractivity contribution in [3.8, 4) is 0 Å². The van der Waals surface area contributed by atoms with Gasteiger partial charge in [-0.1, -0.05) is 13.3 Å². The van der Waals surface area contributed by atoms with Gasteiger partial charge >= 0.3 is 11.9 Å². The van der Waals surface area contributed by atoms with E-state index < -0.39 is 33.8 Å². The van der Waals surface area contributed by atoms with Crippen LogP contribution >= 0.6 is 0 Å². The van der Waals surface area contributed by atoms with E-state index in [9.17, 15) is 18.0 Å². The lowest BCUT2D eigenvalue weighted by molar-refractivity contribution is -0.142. The zero-order valence-corrected chi connectivity index (χ0v) is 11.3. The van der Waals surface area contributed by atoms with Crippen LogP contribution < -0.4 is 4.72 Å². The predicted octanol–water partition coefficient (Wildman–Crippen LogP) is 0.112. The van der Waals surface area contributed by atoms with Crippen LogP contribution in [0.2, 0.25) is 0 Å². The summed E-state index contributed by atoms with van der Waals surface area (Å²) in [6, 6.07) is -1.15. The minimum atomic E-state index is -3.79. The molecule has 0 amide bonds. The number of nitrogens with one attached hydrogen (secondary N) is 1. The molecule has 0 saturated heterocycles. The summed E-state index contributed by atoms with van der Waals surface area (Å²) in [4.78, 5) is 21.8. The second-order valence-corrected chi connectivity index (χ2v) is 5.54. The first-order valence-electron chi connectivity index (χ1n) is 5.70. The normalized spacial score (nSPS) is 13.0. The van der Waals surface area contributed by atoms with E-state index in [-0.39, 0.29) is 19.4 Å². The lowest BCUT2D eigenvalue weighted by atomic mass is 10.2. The number of esters is 1. The highest BCUT2D eigenvalue weighted by Crippen LogP contribution is 2.01. The van der Waals surface area contributed by atoms with Crippen LogP contribution in [0.1, 0.15) is 33.1 Å². The number of sulfonamides is 1. The summed E-state index contributed by atoms with van der Waals surface area (Å²) in [5.41, 5.74) is 0.